The predicted octanol–water partition coefficient (Wildman–Crippen LogP) is 5.65. The van der Waals surface area contributed by atoms with Crippen LogP contribution in [0.4, 0.5) is 5.69 Å². The number of nitrogens with one attached hydrogen (secondary N) is 1. The smallest absolute Gasteiger partial charge is 0.338 e. The number of hydrogen-bond donors (Lipinski definition) is 2. The molecule has 3 N–H and O–H groups in total. The number of ether oxygens (including phenoxy) is 3. The average molecular weight is 591 g/mol. The number of anilines is 1. The van der Waals surface area contributed by atoms with Crippen LogP contribution in [0.5, 0.6) is 11.5 Å². The zero-order valence-electron chi connectivity index (χ0n) is 24.4. The molecule has 44 heavy (non-hydrogen) atoms. The van der Waals surface area contributed by atoms with Crippen molar-refractivity contribution in [1.29, 1.82) is 0 Å². The summed E-state index contributed by atoms with van der Waals surface area (Å²) in [6, 6.07) is 26.0. The fourth-order valence-corrected chi connectivity index (χ4v) is 4.54. The summed E-state index contributed by atoms with van der Waals surface area (Å²) in [5, 5.41) is 2.70. The Kier molecular flexibility index (Phi) is 8.80. The highest BCUT2D eigenvalue weighted by Gasteiger charge is 2.23. The number of methoxy groups -OCH3 is 2. The molecule has 2 amide bonds. The summed E-state index contributed by atoms with van der Waals surface area (Å²) >= 11 is 0. The first-order valence-electron chi connectivity index (χ1n) is 13.8. The largest absolute Gasteiger partial charge is 0.497 e. The minimum atomic E-state index is -1.05. The van der Waals surface area contributed by atoms with Crippen LogP contribution in [0.1, 0.15) is 34.1 Å². The number of fused-ring (bicyclic) bond motifs is 1. The molecule has 10 nitrogen and oxygen atoms in total. The summed E-state index contributed by atoms with van der Waals surface area (Å²) in [7, 11) is 3.21. The average Bonchev–Trinajstić information content (AvgIpc) is 3.06. The highest BCUT2D eigenvalue weighted by molar-refractivity contribution is 5.99. The van der Waals surface area contributed by atoms with Crippen LogP contribution in [0.2, 0.25) is 0 Å². The molecule has 1 atom stereocenters. The van der Waals surface area contributed by atoms with E-state index in [9.17, 15) is 14.4 Å². The Morgan fingerprint density at radius 3 is 1.75 bits per heavy atom. The number of aromatic nitrogens is 2. The van der Waals surface area contributed by atoms with Crippen LogP contribution in [0.15, 0.2) is 91.0 Å². The van der Waals surface area contributed by atoms with Crippen molar-refractivity contribution in [2.75, 3.05) is 19.5 Å². The van der Waals surface area contributed by atoms with E-state index in [1.807, 2.05) is 48.5 Å². The van der Waals surface area contributed by atoms with Crippen molar-refractivity contribution in [3.8, 4) is 34.0 Å². The van der Waals surface area contributed by atoms with Gasteiger partial charge in [0.25, 0.3) is 5.91 Å². The van der Waals surface area contributed by atoms with Crippen LogP contribution >= 0.6 is 0 Å². The lowest BCUT2D eigenvalue weighted by molar-refractivity contribution is -0.124. The third kappa shape index (κ3) is 6.49. The van der Waals surface area contributed by atoms with Gasteiger partial charge in [-0.1, -0.05) is 6.92 Å². The molecule has 10 heteroatoms. The molecule has 4 aromatic carbocycles. The van der Waals surface area contributed by atoms with Crippen molar-refractivity contribution < 1.29 is 28.6 Å². The molecule has 5 rings (SSSR count). The summed E-state index contributed by atoms with van der Waals surface area (Å²) in [5.74, 6) is -0.326. The molecule has 0 aliphatic carbocycles. The van der Waals surface area contributed by atoms with Crippen LogP contribution in [-0.4, -0.2) is 48.1 Å². The molecule has 0 aliphatic heterocycles. The first kappa shape index (κ1) is 29.7. The lowest BCUT2D eigenvalue weighted by atomic mass is 10.0. The quantitative estimate of drug-likeness (QED) is 0.199. The first-order valence-corrected chi connectivity index (χ1v) is 13.8. The highest BCUT2D eigenvalue weighted by atomic mass is 16.5. The van der Waals surface area contributed by atoms with Gasteiger partial charge < -0.3 is 25.3 Å². The fraction of sp³-hybridized carbons (Fsp3) is 0.147. The minimum absolute atomic E-state index is 0.224. The predicted molar refractivity (Wildman–Crippen MR) is 167 cm³/mol. The maximum absolute atomic E-state index is 13.2. The molecule has 0 saturated heterocycles. The zero-order chi connectivity index (χ0) is 31.2. The van der Waals surface area contributed by atoms with E-state index in [0.29, 0.717) is 39.4 Å². The maximum Gasteiger partial charge on any atom is 0.338 e. The standard InChI is InChI=1S/C34H30N4O6/c1-4-29(33(40)36-24-12-5-22(6-13-24)32(35)39)44-34(41)23-11-18-27-28(19-23)38-31(21-9-16-26(43-3)17-10-21)30(37-27)20-7-14-25(42-2)15-8-20/h5-19,29H,4H2,1-3H3,(H2,35,39)(H,36,40). The van der Waals surface area contributed by atoms with Crippen LogP contribution in [0.3, 0.4) is 0 Å². The van der Waals surface area contributed by atoms with Gasteiger partial charge in [-0.2, -0.15) is 0 Å². The SMILES string of the molecule is CCC(OC(=O)c1ccc2nc(-c3ccc(OC)cc3)c(-c3ccc(OC)cc3)nc2c1)C(=O)Nc1ccc(C(N)=O)cc1. The number of esters is 1. The number of rotatable bonds is 10. The van der Waals surface area contributed by atoms with Gasteiger partial charge in [0.15, 0.2) is 6.10 Å². The topological polar surface area (TPSA) is 143 Å². The summed E-state index contributed by atoms with van der Waals surface area (Å²) in [5.41, 5.74) is 10.2. The van der Waals surface area contributed by atoms with Gasteiger partial charge in [-0.05, 0) is 97.4 Å². The van der Waals surface area contributed by atoms with E-state index in [4.69, 9.17) is 29.9 Å². The van der Waals surface area contributed by atoms with E-state index in [0.717, 1.165) is 16.9 Å². The summed E-state index contributed by atoms with van der Waals surface area (Å²) in [4.78, 5) is 47.2. The first-order chi connectivity index (χ1) is 21.3. The van der Waals surface area contributed by atoms with Crippen LogP contribution in [0, 0.1) is 0 Å². The number of primary amides is 1. The van der Waals surface area contributed by atoms with Crippen molar-refractivity contribution in [2.24, 2.45) is 5.73 Å². The molecule has 0 radical (unpaired) electrons. The lowest BCUT2D eigenvalue weighted by Crippen LogP contribution is -2.32. The van der Waals surface area contributed by atoms with Gasteiger partial charge in [0.05, 0.1) is 42.2 Å². The second kappa shape index (κ2) is 13.0. The van der Waals surface area contributed by atoms with Gasteiger partial charge in [-0.3, -0.25) is 9.59 Å². The molecule has 5 aromatic rings. The van der Waals surface area contributed by atoms with Gasteiger partial charge in [-0.25, -0.2) is 14.8 Å². The van der Waals surface area contributed by atoms with Crippen molar-refractivity contribution in [3.63, 3.8) is 0 Å². The summed E-state index contributed by atoms with van der Waals surface area (Å²) < 4.78 is 16.2. The molecule has 0 aliphatic rings. The van der Waals surface area contributed by atoms with E-state index >= 15 is 0 Å². The summed E-state index contributed by atoms with van der Waals surface area (Å²) in [6.45, 7) is 1.74. The molecule has 0 bridgehead atoms. The van der Waals surface area contributed by atoms with Crippen LogP contribution in [0.25, 0.3) is 33.5 Å². The normalized spacial score (nSPS) is 11.4. The number of carbonyl (C=O) groups excluding carboxylic acids is 3. The lowest BCUT2D eigenvalue weighted by Gasteiger charge is -2.16. The third-order valence-corrected chi connectivity index (χ3v) is 6.98. The van der Waals surface area contributed by atoms with Gasteiger partial charge in [0.1, 0.15) is 11.5 Å². The molecule has 1 heterocycles. The van der Waals surface area contributed by atoms with E-state index in [1.54, 1.807) is 51.5 Å². The Bertz CT molecular complexity index is 1820. The van der Waals surface area contributed by atoms with E-state index in [-0.39, 0.29) is 12.0 Å². The van der Waals surface area contributed by atoms with Gasteiger partial charge in [0.2, 0.25) is 5.91 Å². The monoisotopic (exact) mass is 590 g/mol. The third-order valence-electron chi connectivity index (χ3n) is 6.98. The Morgan fingerprint density at radius 1 is 0.727 bits per heavy atom. The van der Waals surface area contributed by atoms with Crippen molar-refractivity contribution in [2.45, 2.75) is 19.4 Å². The van der Waals surface area contributed by atoms with Crippen LogP contribution < -0.4 is 20.5 Å². The van der Waals surface area contributed by atoms with Crippen molar-refractivity contribution in [1.82, 2.24) is 9.97 Å². The number of nitrogens with two attached hydrogens (primary N) is 1. The molecule has 0 spiro atoms. The Balaban J connectivity index is 1.43. The van der Waals surface area contributed by atoms with E-state index in [1.165, 1.54) is 12.1 Å². The van der Waals surface area contributed by atoms with Crippen LogP contribution in [-0.2, 0) is 9.53 Å². The van der Waals surface area contributed by atoms with E-state index in [2.05, 4.69) is 5.32 Å². The molecule has 222 valence electrons. The maximum atomic E-state index is 13.2. The Hall–Kier alpha value is -5.77. The molecular formula is C34H30N4O6. The highest BCUT2D eigenvalue weighted by Crippen LogP contribution is 2.33. The van der Waals surface area contributed by atoms with Gasteiger partial charge in [0, 0.05) is 22.4 Å². The number of carbonyl (C=O) groups is 3. The fourth-order valence-electron chi connectivity index (χ4n) is 4.54. The molecule has 0 fully saturated rings. The Labute approximate surface area is 253 Å². The number of hydrogen-bond acceptors (Lipinski definition) is 8. The van der Waals surface area contributed by atoms with E-state index < -0.39 is 23.9 Å². The number of benzene rings is 4. The zero-order valence-corrected chi connectivity index (χ0v) is 24.4. The Morgan fingerprint density at radius 2 is 1.25 bits per heavy atom. The molecule has 1 unspecified atom stereocenters. The number of amides is 2. The molecule has 0 saturated carbocycles. The van der Waals surface area contributed by atoms with Crippen molar-refractivity contribution >= 4 is 34.5 Å². The number of nitrogens with zero attached hydrogens (tertiary/aromatic N) is 2. The second-order valence-corrected chi connectivity index (χ2v) is 9.81. The molecule has 1 aromatic heterocycles. The van der Waals surface area contributed by atoms with Crippen molar-refractivity contribution in [3.05, 3.63) is 102 Å². The molecular weight excluding hydrogens is 560 g/mol. The second-order valence-electron chi connectivity index (χ2n) is 9.81. The summed E-state index contributed by atoms with van der Waals surface area (Å²) in [6.07, 6.45) is -0.802. The van der Waals surface area contributed by atoms with Gasteiger partial charge in [-0.15, -0.1) is 0 Å². The van der Waals surface area contributed by atoms with Gasteiger partial charge >= 0.3 is 5.97 Å². The minimum Gasteiger partial charge on any atom is -0.497 e.